The first-order valence-electron chi connectivity index (χ1n) is 10.9. The monoisotopic (exact) mass is 472 g/mol. The number of hydrogen-bond donors (Lipinski definition) is 4. The van der Waals surface area contributed by atoms with Crippen molar-refractivity contribution >= 4 is 19.4 Å². The van der Waals surface area contributed by atoms with Crippen molar-refractivity contribution < 1.29 is 43.1 Å². The zero-order chi connectivity index (χ0) is 23.9. The number of Topliss-reactive ketones (excluding diaryl/α,β-unsaturated/α-hetero) is 1. The minimum absolute atomic E-state index is 0.211. The summed E-state index contributed by atoms with van der Waals surface area (Å²) in [4.78, 5) is 42.8. The number of hydrogen-bond acceptors (Lipinski definition) is 6. The maximum absolute atomic E-state index is 17.0. The van der Waals surface area contributed by atoms with E-state index >= 15 is 4.39 Å². The van der Waals surface area contributed by atoms with Gasteiger partial charge in [-0.05, 0) is 56.6 Å². The third-order valence-electron chi connectivity index (χ3n) is 9.01. The number of aliphatic hydroxyl groups excluding tert-OH is 1. The number of allylic oxidation sites excluding steroid dienone is 4. The summed E-state index contributed by atoms with van der Waals surface area (Å²) < 4.78 is 32.5. The molecule has 3 fully saturated rings. The van der Waals surface area contributed by atoms with Crippen molar-refractivity contribution in [2.45, 2.75) is 63.8 Å². The number of carbonyl (C=O) groups excluding carboxylic acids is 2. The molecule has 0 amide bonds. The van der Waals surface area contributed by atoms with Gasteiger partial charge in [-0.1, -0.05) is 25.5 Å². The third-order valence-corrected chi connectivity index (χ3v) is 9.48. The quantitative estimate of drug-likeness (QED) is 0.456. The number of carbonyl (C=O) groups is 2. The number of aliphatic hydroxyl groups is 2. The lowest BCUT2D eigenvalue weighted by atomic mass is 9.44. The van der Waals surface area contributed by atoms with Gasteiger partial charge >= 0.3 is 7.82 Å². The Kier molecular flexibility index (Phi) is 5.34. The number of phosphoric ester groups is 1. The molecule has 178 valence electrons. The summed E-state index contributed by atoms with van der Waals surface area (Å²) in [6.45, 7) is 4.00. The van der Waals surface area contributed by atoms with E-state index < -0.39 is 66.2 Å². The fourth-order valence-electron chi connectivity index (χ4n) is 7.39. The Morgan fingerprint density at radius 2 is 1.97 bits per heavy atom. The molecule has 0 saturated heterocycles. The molecule has 8 atom stereocenters. The standard InChI is InChI=1S/C22H30FO8P/c1-12-8-16-15-5-4-13-9-14(24)6-7-19(13,2)21(15,23)17(25)10-20(16,3)22(12,27)18(26)11-31-32(28,29)30/h6-7,9,12,15-17,25,27H,4-5,8,10-11H2,1-3H3,(H2,28,29,30)/t12-,15?,16?,17-,19-,20-,21?,22-/m0/s1. The molecular formula is C22H30FO8P. The van der Waals surface area contributed by atoms with Crippen LogP contribution < -0.4 is 0 Å². The molecule has 0 aromatic carbocycles. The van der Waals surface area contributed by atoms with E-state index in [9.17, 15) is 24.4 Å². The molecule has 0 aromatic heterocycles. The summed E-state index contributed by atoms with van der Waals surface area (Å²) in [7, 11) is -4.93. The van der Waals surface area contributed by atoms with Crippen LogP contribution in [0.3, 0.4) is 0 Å². The summed E-state index contributed by atoms with van der Waals surface area (Å²) in [6.07, 6.45) is 3.70. The maximum atomic E-state index is 17.0. The minimum Gasteiger partial charge on any atom is -0.390 e. The molecule has 0 aliphatic heterocycles. The van der Waals surface area contributed by atoms with Gasteiger partial charge in [0.05, 0.1) is 6.10 Å². The molecule has 0 spiro atoms. The molecule has 0 heterocycles. The van der Waals surface area contributed by atoms with E-state index in [0.717, 1.165) is 0 Å². The normalized spacial score (nSPS) is 48.0. The van der Waals surface area contributed by atoms with Crippen LogP contribution in [0, 0.1) is 28.6 Å². The lowest BCUT2D eigenvalue weighted by molar-refractivity contribution is -0.219. The van der Waals surface area contributed by atoms with Crippen LogP contribution in [0.1, 0.15) is 46.5 Å². The number of alkyl halides is 1. The average molecular weight is 472 g/mol. The Bertz CT molecular complexity index is 973. The van der Waals surface area contributed by atoms with E-state index in [4.69, 9.17) is 9.79 Å². The zero-order valence-electron chi connectivity index (χ0n) is 18.3. The van der Waals surface area contributed by atoms with Gasteiger partial charge in [0.15, 0.2) is 17.2 Å². The molecular weight excluding hydrogens is 442 g/mol. The van der Waals surface area contributed by atoms with E-state index in [-0.39, 0.29) is 12.2 Å². The molecule has 3 saturated carbocycles. The second-order valence-corrected chi connectivity index (χ2v) is 11.6. The topological polar surface area (TPSA) is 141 Å². The number of rotatable bonds is 4. The first-order chi connectivity index (χ1) is 14.6. The first kappa shape index (κ1) is 23.9. The lowest BCUT2D eigenvalue weighted by Crippen LogP contribution is -2.69. The summed E-state index contributed by atoms with van der Waals surface area (Å²) in [5.41, 5.74) is -5.88. The number of phosphoric acid groups is 1. The summed E-state index contributed by atoms with van der Waals surface area (Å²) in [5, 5.41) is 22.8. The van der Waals surface area contributed by atoms with Crippen molar-refractivity contribution in [3.8, 4) is 0 Å². The summed E-state index contributed by atoms with van der Waals surface area (Å²) in [6, 6.07) is 0. The predicted octanol–water partition coefficient (Wildman–Crippen LogP) is 2.01. The minimum atomic E-state index is -4.93. The van der Waals surface area contributed by atoms with E-state index in [1.54, 1.807) is 20.8 Å². The van der Waals surface area contributed by atoms with E-state index in [1.165, 1.54) is 18.2 Å². The van der Waals surface area contributed by atoms with Gasteiger partial charge in [0, 0.05) is 16.7 Å². The predicted molar refractivity (Wildman–Crippen MR) is 111 cm³/mol. The molecule has 4 N–H and O–H groups in total. The van der Waals surface area contributed by atoms with Crippen LogP contribution in [0.5, 0.6) is 0 Å². The first-order valence-corrected chi connectivity index (χ1v) is 12.4. The van der Waals surface area contributed by atoms with Crippen molar-refractivity contribution in [1.29, 1.82) is 0 Å². The SMILES string of the molecule is C[C@H]1CC2C3CCC4=CC(=O)C=C[C@]4(C)C3(F)[C@@H](O)C[C@]2(C)[C@@]1(O)C(=O)COP(=O)(O)O. The molecule has 3 unspecified atom stereocenters. The Morgan fingerprint density at radius 3 is 2.59 bits per heavy atom. The van der Waals surface area contributed by atoms with Crippen LogP contribution in [0.2, 0.25) is 0 Å². The average Bonchev–Trinajstić information content (AvgIpc) is 2.89. The number of halogens is 1. The zero-order valence-corrected chi connectivity index (χ0v) is 19.2. The van der Waals surface area contributed by atoms with Crippen molar-refractivity contribution in [2.75, 3.05) is 6.61 Å². The number of fused-ring (bicyclic) bond motifs is 5. The van der Waals surface area contributed by atoms with Crippen LogP contribution in [-0.4, -0.2) is 55.5 Å². The molecule has 4 aliphatic rings. The molecule has 32 heavy (non-hydrogen) atoms. The highest BCUT2D eigenvalue weighted by molar-refractivity contribution is 7.46. The van der Waals surface area contributed by atoms with Gasteiger partial charge in [-0.25, -0.2) is 8.96 Å². The largest absolute Gasteiger partial charge is 0.470 e. The molecule has 0 radical (unpaired) electrons. The van der Waals surface area contributed by atoms with Crippen LogP contribution >= 0.6 is 7.82 Å². The molecule has 0 aromatic rings. The van der Waals surface area contributed by atoms with E-state index in [0.29, 0.717) is 24.8 Å². The van der Waals surface area contributed by atoms with Crippen molar-refractivity contribution in [2.24, 2.45) is 28.6 Å². The van der Waals surface area contributed by atoms with E-state index in [2.05, 4.69) is 4.52 Å². The molecule has 0 bridgehead atoms. The third kappa shape index (κ3) is 2.95. The van der Waals surface area contributed by atoms with E-state index in [1.807, 2.05) is 0 Å². The van der Waals surface area contributed by atoms with Crippen LogP contribution in [0.4, 0.5) is 4.39 Å². The van der Waals surface area contributed by atoms with Gasteiger partial charge in [-0.2, -0.15) is 0 Å². The fraction of sp³-hybridized carbons (Fsp3) is 0.727. The fourth-order valence-corrected chi connectivity index (χ4v) is 7.68. The second kappa shape index (κ2) is 7.14. The van der Waals surface area contributed by atoms with Crippen LogP contribution in [-0.2, 0) is 18.7 Å². The van der Waals surface area contributed by atoms with Gasteiger partial charge in [-0.3, -0.25) is 14.1 Å². The van der Waals surface area contributed by atoms with Gasteiger partial charge < -0.3 is 20.0 Å². The van der Waals surface area contributed by atoms with Crippen LogP contribution in [0.25, 0.3) is 0 Å². The maximum Gasteiger partial charge on any atom is 0.470 e. The Balaban J connectivity index is 1.74. The van der Waals surface area contributed by atoms with Gasteiger partial charge in [-0.15, -0.1) is 0 Å². The van der Waals surface area contributed by atoms with Gasteiger partial charge in [0.2, 0.25) is 0 Å². The van der Waals surface area contributed by atoms with Crippen molar-refractivity contribution in [1.82, 2.24) is 0 Å². The van der Waals surface area contributed by atoms with Crippen molar-refractivity contribution in [3.05, 3.63) is 23.8 Å². The molecule has 8 nitrogen and oxygen atoms in total. The van der Waals surface area contributed by atoms with Gasteiger partial charge in [0.1, 0.15) is 12.2 Å². The Morgan fingerprint density at radius 1 is 1.31 bits per heavy atom. The highest BCUT2D eigenvalue weighted by Crippen LogP contribution is 2.70. The van der Waals surface area contributed by atoms with Crippen LogP contribution in [0.15, 0.2) is 23.8 Å². The smallest absolute Gasteiger partial charge is 0.390 e. The highest BCUT2D eigenvalue weighted by atomic mass is 31.2. The molecule has 10 heteroatoms. The number of ketones is 2. The highest BCUT2D eigenvalue weighted by Gasteiger charge is 2.75. The summed E-state index contributed by atoms with van der Waals surface area (Å²) >= 11 is 0. The molecule has 4 rings (SSSR count). The Hall–Kier alpha value is -1.22. The lowest BCUT2D eigenvalue weighted by Gasteiger charge is -2.62. The van der Waals surface area contributed by atoms with Crippen molar-refractivity contribution in [3.63, 3.8) is 0 Å². The summed E-state index contributed by atoms with van der Waals surface area (Å²) in [5.74, 6) is -2.87. The molecule has 4 aliphatic carbocycles. The Labute approximate surface area is 185 Å². The second-order valence-electron chi connectivity index (χ2n) is 10.4. The van der Waals surface area contributed by atoms with Gasteiger partial charge in [0.25, 0.3) is 0 Å².